The van der Waals surface area contributed by atoms with Gasteiger partial charge in [-0.05, 0) is 79.0 Å². The van der Waals surface area contributed by atoms with E-state index in [-0.39, 0.29) is 33.4 Å². The number of amides is 1. The number of benzene rings is 5. The highest BCUT2D eigenvalue weighted by atomic mass is 32.3. The minimum absolute atomic E-state index is 0.0526. The van der Waals surface area contributed by atoms with E-state index in [1.807, 2.05) is 6.92 Å². The van der Waals surface area contributed by atoms with Gasteiger partial charge in [-0.1, -0.05) is 17.7 Å². The van der Waals surface area contributed by atoms with Crippen LogP contribution in [0.2, 0.25) is 0 Å². The number of fused-ring (bicyclic) bond motifs is 1. The van der Waals surface area contributed by atoms with E-state index < -0.39 is 74.5 Å². The maximum absolute atomic E-state index is 12.8. The third-order valence-corrected chi connectivity index (χ3v) is 9.94. The standard InChI is InChI=1S/C31H28N8O11S3/c1-16-3-6-20(7-4-16)35-38-28-24(52(45,46)47)14-18-15-25(53(48,49)50)29(30(40)26(18)27(28)32)39-36-21-10-8-19(9-11-21)34-31(41)17-5-12-22(37-33-2)23(13-17)51(42,43)44/h3-15,40,45-47H,32H2,1-2H3,(H,34,41)(H,42,43,44)(H,48,49,50). The number of anilines is 2. The van der Waals surface area contributed by atoms with Crippen molar-refractivity contribution in [2.45, 2.75) is 21.6 Å². The lowest BCUT2D eigenvalue weighted by atomic mass is 10.1. The zero-order valence-electron chi connectivity index (χ0n) is 27.2. The monoisotopic (exact) mass is 784 g/mol. The quantitative estimate of drug-likeness (QED) is 0.0376. The lowest BCUT2D eigenvalue weighted by molar-refractivity contribution is 0.102. The number of aromatic hydroxyl groups is 1. The molecule has 0 aliphatic heterocycles. The van der Waals surface area contributed by atoms with Crippen LogP contribution in [0.4, 0.5) is 39.8 Å². The van der Waals surface area contributed by atoms with Gasteiger partial charge in [-0.3, -0.25) is 13.9 Å². The molecule has 5 aromatic carbocycles. The van der Waals surface area contributed by atoms with Gasteiger partial charge >= 0.3 is 0 Å². The third kappa shape index (κ3) is 8.67. The van der Waals surface area contributed by atoms with Gasteiger partial charge in [-0.25, -0.2) is 0 Å². The molecule has 0 atom stereocenters. The largest absolute Gasteiger partial charge is 0.505 e. The minimum Gasteiger partial charge on any atom is -0.505 e. The fourth-order valence-corrected chi connectivity index (χ4v) is 6.81. The van der Waals surface area contributed by atoms with Crippen molar-refractivity contribution in [2.24, 2.45) is 30.7 Å². The predicted octanol–water partition coefficient (Wildman–Crippen LogP) is 8.31. The van der Waals surface area contributed by atoms with Gasteiger partial charge in [-0.2, -0.15) is 37.3 Å². The summed E-state index contributed by atoms with van der Waals surface area (Å²) in [5.74, 6) is -1.67. The molecule has 53 heavy (non-hydrogen) atoms. The van der Waals surface area contributed by atoms with Crippen LogP contribution in [0, 0.1) is 6.92 Å². The van der Waals surface area contributed by atoms with E-state index in [0.717, 1.165) is 23.8 Å². The van der Waals surface area contributed by atoms with Gasteiger partial charge in [0.15, 0.2) is 5.75 Å². The lowest BCUT2D eigenvalue weighted by Crippen LogP contribution is -2.12. The SMILES string of the molecule is CN=Nc1ccc(C(=O)Nc2ccc(N=Nc3c(S(=O)(=O)O)cc4cc(S(O)(O)O)c(N=Nc5ccc(C)cc5)c(N)c4c3O)cc2)cc1S(=O)(=O)O. The Bertz CT molecular complexity index is 2570. The minimum atomic E-state index is -5.13. The van der Waals surface area contributed by atoms with Gasteiger partial charge in [0.1, 0.15) is 37.7 Å². The summed E-state index contributed by atoms with van der Waals surface area (Å²) < 4.78 is 98.4. The van der Waals surface area contributed by atoms with Crippen LogP contribution in [0.25, 0.3) is 10.8 Å². The Morgan fingerprint density at radius 3 is 1.77 bits per heavy atom. The molecule has 0 spiro atoms. The summed E-state index contributed by atoms with van der Waals surface area (Å²) in [5.41, 5.74) is 5.74. The first-order valence-corrected chi connectivity index (χ1v) is 19.0. The number of nitrogen functional groups attached to an aromatic ring is 1. The number of carbonyl (C=O) groups is 1. The fourth-order valence-electron chi connectivity index (χ4n) is 4.81. The molecule has 0 saturated heterocycles. The summed E-state index contributed by atoms with van der Waals surface area (Å²) in [6.07, 6.45) is 0. The van der Waals surface area contributed by atoms with Crippen LogP contribution in [0.1, 0.15) is 15.9 Å². The number of carbonyl (C=O) groups excluding carboxylic acids is 1. The smallest absolute Gasteiger partial charge is 0.296 e. The normalized spacial score (nSPS) is 13.0. The molecule has 0 bridgehead atoms. The molecule has 0 heterocycles. The Balaban J connectivity index is 1.51. The molecule has 0 aromatic heterocycles. The molecule has 0 fully saturated rings. The zero-order chi connectivity index (χ0) is 38.9. The first kappa shape index (κ1) is 38.5. The molecule has 22 heteroatoms. The van der Waals surface area contributed by atoms with Crippen molar-refractivity contribution in [3.05, 3.63) is 90.0 Å². The molecule has 19 nitrogen and oxygen atoms in total. The highest BCUT2D eigenvalue weighted by Crippen LogP contribution is 2.55. The molecule has 0 radical (unpaired) electrons. The van der Waals surface area contributed by atoms with Gasteiger partial charge in [0.2, 0.25) is 0 Å². The van der Waals surface area contributed by atoms with E-state index in [2.05, 4.69) is 36.0 Å². The molecular weight excluding hydrogens is 757 g/mol. The van der Waals surface area contributed by atoms with Crippen molar-refractivity contribution in [3.8, 4) is 5.75 Å². The van der Waals surface area contributed by atoms with Crippen LogP contribution in [-0.2, 0) is 20.2 Å². The van der Waals surface area contributed by atoms with Crippen LogP contribution in [-0.4, -0.2) is 57.7 Å². The third-order valence-electron chi connectivity index (χ3n) is 7.28. The van der Waals surface area contributed by atoms with Crippen LogP contribution < -0.4 is 11.1 Å². The highest BCUT2D eigenvalue weighted by Gasteiger charge is 2.29. The molecule has 9 N–H and O–H groups in total. The van der Waals surface area contributed by atoms with Gasteiger partial charge in [0.05, 0.1) is 27.3 Å². The van der Waals surface area contributed by atoms with E-state index in [1.165, 1.54) is 43.4 Å². The Labute approximate surface area is 302 Å². The lowest BCUT2D eigenvalue weighted by Gasteiger charge is -2.23. The Hall–Kier alpha value is -5.72. The number of phenolic OH excluding ortho intramolecular Hbond substituents is 1. The van der Waals surface area contributed by atoms with E-state index >= 15 is 0 Å². The average Bonchev–Trinajstić information content (AvgIpc) is 3.07. The maximum Gasteiger partial charge on any atom is 0.296 e. The fraction of sp³-hybridized carbons (Fsp3) is 0.0645. The van der Waals surface area contributed by atoms with Gasteiger partial charge in [0.25, 0.3) is 26.1 Å². The Morgan fingerprint density at radius 2 is 1.23 bits per heavy atom. The number of nitrogens with two attached hydrogens (primary N) is 1. The number of hydrogen-bond donors (Lipinski definition) is 8. The number of azo groups is 3. The van der Waals surface area contributed by atoms with E-state index in [4.69, 9.17) is 5.73 Å². The first-order chi connectivity index (χ1) is 24.8. The van der Waals surface area contributed by atoms with Crippen molar-refractivity contribution in [2.75, 3.05) is 18.1 Å². The highest BCUT2D eigenvalue weighted by molar-refractivity contribution is 8.19. The van der Waals surface area contributed by atoms with Gasteiger partial charge in [-0.15, -0.1) is 10.2 Å². The molecule has 0 saturated carbocycles. The van der Waals surface area contributed by atoms with Crippen molar-refractivity contribution < 1.29 is 49.5 Å². The van der Waals surface area contributed by atoms with Crippen molar-refractivity contribution >= 4 is 87.6 Å². The first-order valence-electron chi connectivity index (χ1n) is 14.6. The molecule has 5 rings (SSSR count). The number of phenols is 1. The molecule has 0 aliphatic carbocycles. The molecular formula is C31H28N8O11S3. The number of hydrogen-bond acceptors (Lipinski definition) is 16. The Morgan fingerprint density at radius 1 is 0.679 bits per heavy atom. The van der Waals surface area contributed by atoms with Crippen LogP contribution >= 0.6 is 10.9 Å². The molecule has 276 valence electrons. The molecule has 0 aliphatic rings. The maximum atomic E-state index is 12.8. The van der Waals surface area contributed by atoms with E-state index in [0.29, 0.717) is 5.69 Å². The molecule has 0 unspecified atom stereocenters. The number of nitrogens with one attached hydrogen (secondary N) is 1. The number of nitrogens with zero attached hydrogens (tertiary/aromatic N) is 6. The van der Waals surface area contributed by atoms with Gasteiger partial charge in [0, 0.05) is 18.3 Å². The summed E-state index contributed by atoms with van der Waals surface area (Å²) >= 11 is 0. The Kier molecular flexibility index (Phi) is 10.7. The topological polar surface area (TPSA) is 319 Å². The van der Waals surface area contributed by atoms with Crippen molar-refractivity contribution in [3.63, 3.8) is 0 Å². The van der Waals surface area contributed by atoms with Crippen LogP contribution in [0.5, 0.6) is 5.75 Å². The second kappa shape index (κ2) is 14.7. The van der Waals surface area contributed by atoms with E-state index in [1.54, 1.807) is 24.3 Å². The number of rotatable bonds is 10. The summed E-state index contributed by atoms with van der Waals surface area (Å²) in [4.78, 5) is 10.6. The summed E-state index contributed by atoms with van der Waals surface area (Å²) in [5, 5.41) is 36.0. The summed E-state index contributed by atoms with van der Waals surface area (Å²) in [7, 11) is -13.1. The average molecular weight is 785 g/mol. The zero-order valence-corrected chi connectivity index (χ0v) is 29.7. The summed E-state index contributed by atoms with van der Waals surface area (Å²) in [6, 6.07) is 17.1. The van der Waals surface area contributed by atoms with E-state index in [9.17, 15) is 49.5 Å². The van der Waals surface area contributed by atoms with Gasteiger partial charge < -0.3 is 29.8 Å². The summed E-state index contributed by atoms with van der Waals surface area (Å²) in [6.45, 7) is 1.84. The second-order valence-electron chi connectivity index (χ2n) is 11.0. The van der Waals surface area contributed by atoms with Crippen LogP contribution in [0.15, 0.2) is 124 Å². The molecule has 5 aromatic rings. The van der Waals surface area contributed by atoms with Crippen molar-refractivity contribution in [1.82, 2.24) is 0 Å². The number of aryl methyl sites for hydroxylation is 1. The predicted molar refractivity (Wildman–Crippen MR) is 194 cm³/mol. The second-order valence-corrected chi connectivity index (χ2v) is 15.3. The van der Waals surface area contributed by atoms with Crippen LogP contribution in [0.3, 0.4) is 0 Å². The van der Waals surface area contributed by atoms with Crippen molar-refractivity contribution in [1.29, 1.82) is 0 Å². The molecule has 1 amide bonds.